The summed E-state index contributed by atoms with van der Waals surface area (Å²) in [4.78, 5) is 37.8. The Hall–Kier alpha value is -2.35. The Morgan fingerprint density at radius 2 is 2.08 bits per heavy atom. The van der Waals surface area contributed by atoms with E-state index in [9.17, 15) is 14.4 Å². The topological polar surface area (TPSA) is 97.0 Å². The van der Waals surface area contributed by atoms with Crippen molar-refractivity contribution in [1.29, 1.82) is 0 Å². The number of amides is 2. The Bertz CT molecular complexity index is 1050. The van der Waals surface area contributed by atoms with Crippen LogP contribution in [0.1, 0.15) is 65.2 Å². The van der Waals surface area contributed by atoms with Gasteiger partial charge in [-0.1, -0.05) is 25.5 Å². The summed E-state index contributed by atoms with van der Waals surface area (Å²) in [6.45, 7) is 8.16. The number of carbonyl (C=O) groups is 3. The molecular weight excluding hydrogens is 482 g/mol. The van der Waals surface area contributed by atoms with Crippen molar-refractivity contribution < 1.29 is 23.9 Å². The van der Waals surface area contributed by atoms with Crippen molar-refractivity contribution in [3.05, 3.63) is 23.3 Å². The lowest BCUT2D eigenvalue weighted by Crippen LogP contribution is -2.54. The Morgan fingerprint density at radius 3 is 2.87 bits per heavy atom. The van der Waals surface area contributed by atoms with Crippen LogP contribution < -0.4 is 10.6 Å². The molecule has 6 rings (SSSR count). The monoisotopic (exact) mass is 525 g/mol. The number of alkyl carbamates (subject to hydrolysis) is 1. The van der Waals surface area contributed by atoms with Crippen LogP contribution in [0.4, 0.5) is 4.79 Å². The third kappa shape index (κ3) is 4.56. The zero-order chi connectivity index (χ0) is 26.5. The van der Waals surface area contributed by atoms with Crippen LogP contribution in [0.3, 0.4) is 0 Å². The quantitative estimate of drug-likeness (QED) is 0.421. The van der Waals surface area contributed by atoms with Crippen LogP contribution in [-0.2, 0) is 19.1 Å². The van der Waals surface area contributed by atoms with Crippen LogP contribution in [0.25, 0.3) is 0 Å². The lowest BCUT2D eigenvalue weighted by molar-refractivity contribution is -0.135. The first-order chi connectivity index (χ1) is 18.3. The Labute approximate surface area is 225 Å². The molecule has 3 saturated carbocycles. The summed E-state index contributed by atoms with van der Waals surface area (Å²) in [5.74, 6) is 2.23. The van der Waals surface area contributed by atoms with Gasteiger partial charge < -0.3 is 20.1 Å². The maximum absolute atomic E-state index is 12.5. The highest BCUT2D eigenvalue weighted by Gasteiger charge is 2.58. The minimum absolute atomic E-state index is 0.0320. The third-order valence-electron chi connectivity index (χ3n) is 11.3. The lowest BCUT2D eigenvalue weighted by atomic mass is 9.45. The molecular formula is C30H43N3O5. The molecule has 0 aromatic rings. The second-order valence-electron chi connectivity index (χ2n) is 13.1. The van der Waals surface area contributed by atoms with Gasteiger partial charge in [0.15, 0.2) is 0 Å². The molecule has 0 bridgehead atoms. The Kier molecular flexibility index (Phi) is 6.81. The first-order valence-electron chi connectivity index (χ1n) is 14.8. The van der Waals surface area contributed by atoms with Gasteiger partial charge in [0.05, 0.1) is 6.54 Å². The molecule has 0 unspecified atom stereocenters. The van der Waals surface area contributed by atoms with E-state index in [1.807, 2.05) is 4.90 Å². The predicted octanol–water partition coefficient (Wildman–Crippen LogP) is 3.58. The SMILES string of the molecule is C[C@]12CC[C@H](NC(=O)OCCN3CCNC(=O)C3)C[C@H]1CC[C@H]1C3=CC[C@H](C4=CC(=O)OC4)[C@@]3(C)CC[C@@H]12. The van der Waals surface area contributed by atoms with Crippen molar-refractivity contribution in [2.75, 3.05) is 39.4 Å². The van der Waals surface area contributed by atoms with Crippen LogP contribution in [0, 0.1) is 34.5 Å². The van der Waals surface area contributed by atoms with Gasteiger partial charge in [0.2, 0.25) is 5.91 Å². The molecule has 0 aromatic carbocycles. The Balaban J connectivity index is 1.03. The number of ether oxygens (including phenoxy) is 2. The molecule has 2 heterocycles. The number of fused-ring (bicyclic) bond motifs is 5. The first kappa shape index (κ1) is 25.9. The average molecular weight is 526 g/mol. The molecule has 7 atom stereocenters. The van der Waals surface area contributed by atoms with Crippen LogP contribution in [0.5, 0.6) is 0 Å². The smallest absolute Gasteiger partial charge is 0.407 e. The molecule has 2 amide bonds. The van der Waals surface area contributed by atoms with Crippen molar-refractivity contribution in [2.45, 2.75) is 71.3 Å². The van der Waals surface area contributed by atoms with Gasteiger partial charge in [-0.05, 0) is 91.4 Å². The fourth-order valence-corrected chi connectivity index (χ4v) is 9.23. The van der Waals surface area contributed by atoms with Gasteiger partial charge in [0.1, 0.15) is 13.2 Å². The second kappa shape index (κ2) is 10.00. The molecule has 38 heavy (non-hydrogen) atoms. The number of piperazine rings is 1. The highest BCUT2D eigenvalue weighted by atomic mass is 16.5. The van der Waals surface area contributed by atoms with Crippen molar-refractivity contribution in [1.82, 2.24) is 15.5 Å². The largest absolute Gasteiger partial charge is 0.458 e. The fourth-order valence-electron chi connectivity index (χ4n) is 9.23. The molecule has 208 valence electrons. The van der Waals surface area contributed by atoms with Crippen molar-refractivity contribution in [2.24, 2.45) is 34.5 Å². The summed E-state index contributed by atoms with van der Waals surface area (Å²) in [7, 11) is 0. The van der Waals surface area contributed by atoms with E-state index in [1.165, 1.54) is 31.3 Å². The van der Waals surface area contributed by atoms with Gasteiger partial charge in [-0.2, -0.15) is 0 Å². The van der Waals surface area contributed by atoms with Crippen molar-refractivity contribution in [3.63, 3.8) is 0 Å². The van der Waals surface area contributed by atoms with Crippen LogP contribution in [-0.4, -0.2) is 68.3 Å². The number of hydrogen-bond acceptors (Lipinski definition) is 6. The highest BCUT2D eigenvalue weighted by molar-refractivity contribution is 5.85. The summed E-state index contributed by atoms with van der Waals surface area (Å²) >= 11 is 0. The van der Waals surface area contributed by atoms with Gasteiger partial charge in [0, 0.05) is 31.8 Å². The number of esters is 1. The third-order valence-corrected chi connectivity index (χ3v) is 11.3. The number of carbonyl (C=O) groups excluding carboxylic acids is 3. The van der Waals surface area contributed by atoms with Crippen LogP contribution in [0.2, 0.25) is 0 Å². The minimum Gasteiger partial charge on any atom is -0.458 e. The van der Waals surface area contributed by atoms with E-state index >= 15 is 0 Å². The molecule has 4 fully saturated rings. The van der Waals surface area contributed by atoms with Crippen LogP contribution in [0.15, 0.2) is 23.3 Å². The van der Waals surface area contributed by atoms with Crippen molar-refractivity contribution >= 4 is 18.0 Å². The number of allylic oxidation sites excluding steroid dienone is 2. The van der Waals surface area contributed by atoms with Gasteiger partial charge >= 0.3 is 12.1 Å². The number of nitrogens with one attached hydrogen (secondary N) is 2. The number of cyclic esters (lactones) is 1. The zero-order valence-electron chi connectivity index (χ0n) is 22.9. The van der Waals surface area contributed by atoms with E-state index in [0.717, 1.165) is 32.2 Å². The molecule has 0 radical (unpaired) electrons. The second-order valence-corrected chi connectivity index (χ2v) is 13.1. The molecule has 8 heteroatoms. The van der Waals surface area contributed by atoms with E-state index in [2.05, 4.69) is 30.6 Å². The van der Waals surface area contributed by atoms with Gasteiger partial charge in [-0.3, -0.25) is 9.69 Å². The van der Waals surface area contributed by atoms with Gasteiger partial charge in [0.25, 0.3) is 0 Å². The van der Waals surface area contributed by atoms with Crippen LogP contribution >= 0.6 is 0 Å². The number of rotatable bonds is 5. The molecule has 0 aromatic heterocycles. The van der Waals surface area contributed by atoms with Gasteiger partial charge in [-0.25, -0.2) is 9.59 Å². The maximum atomic E-state index is 12.5. The lowest BCUT2D eigenvalue weighted by Gasteiger charge is -2.60. The molecule has 8 nitrogen and oxygen atoms in total. The average Bonchev–Trinajstić information content (AvgIpc) is 3.46. The molecule has 0 spiro atoms. The predicted molar refractivity (Wildman–Crippen MR) is 142 cm³/mol. The standard InChI is InChI=1S/C30H43N3O5/c1-29-9-7-21(32-28(36)37-14-13-33-12-11-31-26(34)17-33)16-20(29)3-4-22-24-6-5-23(19-15-27(35)38-18-19)30(24,2)10-8-25(22)29/h6,15,20-23,25H,3-5,7-14,16-18H2,1-2H3,(H,31,34)(H,32,36)/t20-,21+,22+,23-,25+,29+,30-/m1/s1. The number of hydrogen-bond donors (Lipinski definition) is 2. The molecule has 4 aliphatic carbocycles. The van der Waals surface area contributed by atoms with Crippen molar-refractivity contribution in [3.8, 4) is 0 Å². The molecule has 2 N–H and O–H groups in total. The molecule has 2 aliphatic heterocycles. The van der Waals surface area contributed by atoms with E-state index in [-0.39, 0.29) is 29.4 Å². The van der Waals surface area contributed by atoms with E-state index in [4.69, 9.17) is 9.47 Å². The van der Waals surface area contributed by atoms with E-state index in [0.29, 0.717) is 61.9 Å². The molecule has 6 aliphatic rings. The summed E-state index contributed by atoms with van der Waals surface area (Å²) in [5, 5.41) is 5.97. The normalized spacial score (nSPS) is 40.6. The summed E-state index contributed by atoms with van der Waals surface area (Å²) in [5.41, 5.74) is 3.33. The zero-order valence-corrected chi connectivity index (χ0v) is 22.9. The summed E-state index contributed by atoms with van der Waals surface area (Å²) in [6.07, 6.45) is 13.0. The summed E-state index contributed by atoms with van der Waals surface area (Å²) in [6, 6.07) is 0.175. The Morgan fingerprint density at radius 1 is 1.21 bits per heavy atom. The summed E-state index contributed by atoms with van der Waals surface area (Å²) < 4.78 is 10.8. The maximum Gasteiger partial charge on any atom is 0.407 e. The van der Waals surface area contributed by atoms with Gasteiger partial charge in [-0.15, -0.1) is 0 Å². The molecule has 1 saturated heterocycles. The number of nitrogens with zero attached hydrogens (tertiary/aromatic N) is 1. The van der Waals surface area contributed by atoms with E-state index in [1.54, 1.807) is 11.6 Å². The minimum atomic E-state index is -0.326. The first-order valence-corrected chi connectivity index (χ1v) is 14.8. The fraction of sp³-hybridized carbons (Fsp3) is 0.767. The highest BCUT2D eigenvalue weighted by Crippen LogP contribution is 2.66. The van der Waals surface area contributed by atoms with E-state index < -0.39 is 0 Å².